The van der Waals surface area contributed by atoms with Crippen LogP contribution in [0.15, 0.2) is 39.7 Å². The number of hydrogen-bond donors (Lipinski definition) is 2. The van der Waals surface area contributed by atoms with Crippen LogP contribution in [0.2, 0.25) is 4.34 Å². The molecule has 0 aliphatic rings. The second kappa shape index (κ2) is 6.17. The highest BCUT2D eigenvalue weighted by Crippen LogP contribution is 2.23. The van der Waals surface area contributed by atoms with E-state index in [1.807, 2.05) is 24.3 Å². The maximum Gasteiger partial charge on any atom is 0.249 e. The van der Waals surface area contributed by atoms with E-state index in [-0.39, 0.29) is 5.56 Å². The van der Waals surface area contributed by atoms with Crippen molar-refractivity contribution in [2.45, 2.75) is 12.8 Å². The van der Waals surface area contributed by atoms with Crippen LogP contribution >= 0.6 is 38.9 Å². The van der Waals surface area contributed by atoms with Crippen molar-refractivity contribution in [3.63, 3.8) is 0 Å². The monoisotopic (exact) mass is 383 g/mol. The summed E-state index contributed by atoms with van der Waals surface area (Å²) in [6.45, 7) is 0. The van der Waals surface area contributed by atoms with Crippen molar-refractivity contribution >= 4 is 38.9 Å². The molecule has 3 rings (SSSR count). The summed E-state index contributed by atoms with van der Waals surface area (Å²) >= 11 is 10.8. The molecule has 0 saturated carbocycles. The van der Waals surface area contributed by atoms with Gasteiger partial charge in [0.15, 0.2) is 0 Å². The van der Waals surface area contributed by atoms with Gasteiger partial charge in [-0.15, -0.1) is 11.3 Å². The highest BCUT2D eigenvalue weighted by Gasteiger charge is 2.07. The molecule has 0 saturated heterocycles. The molecule has 0 amide bonds. The van der Waals surface area contributed by atoms with Gasteiger partial charge in [-0.05, 0) is 53.0 Å². The minimum absolute atomic E-state index is 0.155. The summed E-state index contributed by atoms with van der Waals surface area (Å²) in [4.78, 5) is 15.4. The number of halogens is 2. The standard InChI is InChI=1S/C14H11BrClN3OS/c15-12-5-8(6-14(20)17-12)11-7-9(18-19-11)1-2-10-3-4-13(16)21-10/h3-7H,1-2H2,(H,17,20)(H,18,19). The third-order valence-corrected chi connectivity index (χ3v) is 4.73. The van der Waals surface area contributed by atoms with Gasteiger partial charge in [-0.2, -0.15) is 5.10 Å². The lowest BCUT2D eigenvalue weighted by molar-refractivity contribution is 0.905. The van der Waals surface area contributed by atoms with Crippen molar-refractivity contribution in [3.05, 3.63) is 60.2 Å². The average molecular weight is 385 g/mol. The Hall–Kier alpha value is -1.37. The second-order valence-corrected chi connectivity index (χ2v) is 7.22. The van der Waals surface area contributed by atoms with Crippen LogP contribution in [-0.4, -0.2) is 15.2 Å². The fraction of sp³-hybridized carbons (Fsp3) is 0.143. The van der Waals surface area contributed by atoms with Crippen LogP contribution < -0.4 is 5.56 Å². The normalized spacial score (nSPS) is 11.0. The zero-order valence-electron chi connectivity index (χ0n) is 10.8. The fourth-order valence-electron chi connectivity index (χ4n) is 2.04. The molecule has 0 radical (unpaired) electrons. The molecule has 2 N–H and O–H groups in total. The summed E-state index contributed by atoms with van der Waals surface area (Å²) in [6, 6.07) is 9.28. The number of pyridine rings is 1. The summed E-state index contributed by atoms with van der Waals surface area (Å²) in [5.41, 5.74) is 2.43. The number of hydrogen-bond acceptors (Lipinski definition) is 3. The smallest absolute Gasteiger partial charge is 0.249 e. The molecule has 0 atom stereocenters. The molecule has 3 aromatic heterocycles. The van der Waals surface area contributed by atoms with Crippen LogP contribution in [0.1, 0.15) is 10.6 Å². The molecule has 4 nitrogen and oxygen atoms in total. The molecule has 0 aliphatic heterocycles. The second-order valence-electron chi connectivity index (χ2n) is 4.57. The zero-order valence-corrected chi connectivity index (χ0v) is 14.0. The molecule has 3 aromatic rings. The first kappa shape index (κ1) is 14.6. The summed E-state index contributed by atoms with van der Waals surface area (Å²) in [7, 11) is 0. The van der Waals surface area contributed by atoms with Gasteiger partial charge < -0.3 is 4.98 Å². The number of nitrogens with one attached hydrogen (secondary N) is 2. The topological polar surface area (TPSA) is 61.5 Å². The summed E-state index contributed by atoms with van der Waals surface area (Å²) in [6.07, 6.45) is 1.77. The van der Waals surface area contributed by atoms with Gasteiger partial charge in [0.2, 0.25) is 5.56 Å². The van der Waals surface area contributed by atoms with Crippen molar-refractivity contribution in [1.82, 2.24) is 15.2 Å². The minimum Gasteiger partial charge on any atom is -0.317 e. The first-order chi connectivity index (χ1) is 10.1. The maximum absolute atomic E-state index is 11.5. The van der Waals surface area contributed by atoms with Crippen molar-refractivity contribution < 1.29 is 0 Å². The Morgan fingerprint density at radius 3 is 2.81 bits per heavy atom. The molecule has 0 bridgehead atoms. The first-order valence-electron chi connectivity index (χ1n) is 6.29. The lowest BCUT2D eigenvalue weighted by Gasteiger charge is -1.96. The van der Waals surface area contributed by atoms with E-state index < -0.39 is 0 Å². The van der Waals surface area contributed by atoms with Gasteiger partial charge >= 0.3 is 0 Å². The summed E-state index contributed by atoms with van der Waals surface area (Å²) < 4.78 is 1.45. The largest absolute Gasteiger partial charge is 0.317 e. The van der Waals surface area contributed by atoms with Crippen LogP contribution in [0.25, 0.3) is 11.3 Å². The van der Waals surface area contributed by atoms with Crippen LogP contribution in [0.4, 0.5) is 0 Å². The van der Waals surface area contributed by atoms with E-state index in [0.29, 0.717) is 4.60 Å². The molecular weight excluding hydrogens is 374 g/mol. The fourth-order valence-corrected chi connectivity index (χ4v) is 3.57. The first-order valence-corrected chi connectivity index (χ1v) is 8.27. The van der Waals surface area contributed by atoms with E-state index in [4.69, 9.17) is 11.6 Å². The van der Waals surface area contributed by atoms with Gasteiger partial charge in [0, 0.05) is 22.2 Å². The number of aromatic amines is 2. The number of rotatable bonds is 4. The summed E-state index contributed by atoms with van der Waals surface area (Å²) in [5, 5.41) is 7.28. The van der Waals surface area contributed by atoms with Crippen molar-refractivity contribution in [1.29, 1.82) is 0 Å². The van der Waals surface area contributed by atoms with Crippen molar-refractivity contribution in [2.75, 3.05) is 0 Å². The van der Waals surface area contributed by atoms with Gasteiger partial charge in [-0.25, -0.2) is 0 Å². The number of aromatic nitrogens is 3. The lowest BCUT2D eigenvalue weighted by Crippen LogP contribution is -2.03. The van der Waals surface area contributed by atoms with Gasteiger partial charge in [0.05, 0.1) is 14.6 Å². The Balaban J connectivity index is 1.75. The van der Waals surface area contributed by atoms with E-state index in [2.05, 4.69) is 31.1 Å². The Morgan fingerprint density at radius 1 is 1.24 bits per heavy atom. The summed E-state index contributed by atoms with van der Waals surface area (Å²) in [5.74, 6) is 0. The van der Waals surface area contributed by atoms with E-state index >= 15 is 0 Å². The Labute approximate surface area is 138 Å². The molecule has 108 valence electrons. The van der Waals surface area contributed by atoms with Crippen LogP contribution in [-0.2, 0) is 12.8 Å². The highest BCUT2D eigenvalue weighted by molar-refractivity contribution is 9.10. The van der Waals surface area contributed by atoms with Crippen LogP contribution in [0.3, 0.4) is 0 Å². The molecule has 0 aliphatic carbocycles. The van der Waals surface area contributed by atoms with Crippen molar-refractivity contribution in [2.24, 2.45) is 0 Å². The van der Waals surface area contributed by atoms with E-state index in [1.165, 1.54) is 10.9 Å². The predicted molar refractivity (Wildman–Crippen MR) is 89.1 cm³/mol. The lowest BCUT2D eigenvalue weighted by atomic mass is 10.1. The quantitative estimate of drug-likeness (QED) is 0.667. The zero-order chi connectivity index (χ0) is 14.8. The number of aryl methyl sites for hydroxylation is 2. The number of thiophene rings is 1. The molecule has 0 spiro atoms. The maximum atomic E-state index is 11.5. The van der Waals surface area contributed by atoms with Gasteiger partial charge in [-0.3, -0.25) is 9.89 Å². The van der Waals surface area contributed by atoms with E-state index in [0.717, 1.165) is 34.1 Å². The van der Waals surface area contributed by atoms with Crippen molar-refractivity contribution in [3.8, 4) is 11.3 Å². The number of nitrogens with zero attached hydrogens (tertiary/aromatic N) is 1. The molecule has 0 fully saturated rings. The van der Waals surface area contributed by atoms with Crippen LogP contribution in [0, 0.1) is 0 Å². The Morgan fingerprint density at radius 2 is 2.10 bits per heavy atom. The van der Waals surface area contributed by atoms with Gasteiger partial charge in [0.25, 0.3) is 0 Å². The molecule has 21 heavy (non-hydrogen) atoms. The predicted octanol–water partition coefficient (Wildman–Crippen LogP) is 4.03. The molecule has 0 aromatic carbocycles. The van der Waals surface area contributed by atoms with E-state index in [1.54, 1.807) is 11.3 Å². The Kier molecular flexibility index (Phi) is 4.28. The van der Waals surface area contributed by atoms with E-state index in [9.17, 15) is 4.79 Å². The minimum atomic E-state index is -0.155. The van der Waals surface area contributed by atoms with Gasteiger partial charge in [-0.1, -0.05) is 11.6 Å². The molecule has 3 heterocycles. The molecule has 7 heteroatoms. The van der Waals surface area contributed by atoms with Crippen LogP contribution in [0.5, 0.6) is 0 Å². The highest BCUT2D eigenvalue weighted by atomic mass is 79.9. The molecular formula is C14H11BrClN3OS. The van der Waals surface area contributed by atoms with Gasteiger partial charge in [0.1, 0.15) is 0 Å². The Bertz CT molecular complexity index is 823. The average Bonchev–Trinajstić information content (AvgIpc) is 3.04. The third-order valence-electron chi connectivity index (χ3n) is 3.01. The SMILES string of the molecule is O=c1cc(-c2cc(CCc3ccc(Cl)s3)[nH]n2)cc(Br)[nH]1. The molecule has 0 unspecified atom stereocenters. The number of H-pyrrole nitrogens is 2. The third kappa shape index (κ3) is 3.64.